The number of carbonyl (C=O) groups is 2. The van der Waals surface area contributed by atoms with Gasteiger partial charge in [-0.1, -0.05) is 13.8 Å². The van der Waals surface area contributed by atoms with Crippen molar-refractivity contribution in [2.45, 2.75) is 20.8 Å². The molecule has 0 spiro atoms. The molecular weight excluding hydrogens is 142 g/mol. The molecular formula is C8H13NO2. The Morgan fingerprint density at radius 2 is 2.18 bits per heavy atom. The predicted octanol–water partition coefficient (Wildman–Crippen LogP) is 0.647. The number of imide groups is 1. The summed E-state index contributed by atoms with van der Waals surface area (Å²) in [5, 5.41) is 0. The van der Waals surface area contributed by atoms with Gasteiger partial charge in [0.15, 0.2) is 0 Å². The van der Waals surface area contributed by atoms with Crippen molar-refractivity contribution in [3.05, 3.63) is 0 Å². The summed E-state index contributed by atoms with van der Waals surface area (Å²) in [6.45, 7) is 6.04. The van der Waals surface area contributed by atoms with Crippen LogP contribution in [0.5, 0.6) is 0 Å². The molecule has 0 radical (unpaired) electrons. The molecule has 0 saturated carbocycles. The molecule has 0 bridgehead atoms. The summed E-state index contributed by atoms with van der Waals surface area (Å²) in [6.07, 6.45) is 0. The van der Waals surface area contributed by atoms with Crippen LogP contribution >= 0.6 is 0 Å². The minimum Gasteiger partial charge on any atom is -0.282 e. The van der Waals surface area contributed by atoms with E-state index in [1.165, 1.54) is 11.8 Å². The van der Waals surface area contributed by atoms with E-state index in [9.17, 15) is 9.59 Å². The Morgan fingerprint density at radius 3 is 2.45 bits per heavy atom. The standard InChI is InChI=1S/C8H13NO2/c1-5(2)7-4-9(6(3)10)8(7)11/h5,7H,4H2,1-3H3. The van der Waals surface area contributed by atoms with Crippen LogP contribution in [0.2, 0.25) is 0 Å². The van der Waals surface area contributed by atoms with Crippen molar-refractivity contribution in [1.29, 1.82) is 0 Å². The van der Waals surface area contributed by atoms with Crippen LogP contribution in [0.1, 0.15) is 20.8 Å². The Hall–Kier alpha value is -0.860. The van der Waals surface area contributed by atoms with Gasteiger partial charge in [0.05, 0.1) is 5.92 Å². The van der Waals surface area contributed by atoms with E-state index >= 15 is 0 Å². The highest BCUT2D eigenvalue weighted by atomic mass is 16.2. The van der Waals surface area contributed by atoms with Crippen molar-refractivity contribution in [1.82, 2.24) is 4.90 Å². The topological polar surface area (TPSA) is 37.4 Å². The lowest BCUT2D eigenvalue weighted by Crippen LogP contribution is -2.56. The second kappa shape index (κ2) is 2.64. The molecule has 3 heteroatoms. The number of amides is 2. The summed E-state index contributed by atoms with van der Waals surface area (Å²) in [5.41, 5.74) is 0. The van der Waals surface area contributed by atoms with Gasteiger partial charge in [-0.2, -0.15) is 0 Å². The minimum absolute atomic E-state index is 0.00694. The molecule has 1 aliphatic heterocycles. The minimum atomic E-state index is -0.132. The van der Waals surface area contributed by atoms with Crippen LogP contribution < -0.4 is 0 Å². The van der Waals surface area contributed by atoms with Crippen molar-refractivity contribution >= 4 is 11.8 Å². The Balaban J connectivity index is 2.51. The van der Waals surface area contributed by atoms with E-state index in [2.05, 4.69) is 0 Å². The quantitative estimate of drug-likeness (QED) is 0.521. The molecule has 1 heterocycles. The number of rotatable bonds is 1. The maximum atomic E-state index is 11.1. The molecule has 62 valence electrons. The van der Waals surface area contributed by atoms with E-state index in [-0.39, 0.29) is 17.7 Å². The average Bonchev–Trinajstić information content (AvgIpc) is 1.82. The van der Waals surface area contributed by atoms with Gasteiger partial charge in [0.25, 0.3) is 0 Å². The molecule has 0 aromatic rings. The number of β-lactam (4-membered cyclic amide) rings is 1. The maximum absolute atomic E-state index is 11.1. The van der Waals surface area contributed by atoms with Gasteiger partial charge in [0.1, 0.15) is 0 Å². The Kier molecular flexibility index (Phi) is 1.98. The summed E-state index contributed by atoms with van der Waals surface area (Å²) >= 11 is 0. The van der Waals surface area contributed by atoms with E-state index in [0.29, 0.717) is 12.5 Å². The Labute approximate surface area is 66.4 Å². The Morgan fingerprint density at radius 1 is 1.64 bits per heavy atom. The Bertz CT molecular complexity index is 198. The molecule has 1 atom stereocenters. The third kappa shape index (κ3) is 1.27. The molecule has 3 nitrogen and oxygen atoms in total. The van der Waals surface area contributed by atoms with Crippen LogP contribution in [-0.2, 0) is 9.59 Å². The highest BCUT2D eigenvalue weighted by Crippen LogP contribution is 2.24. The van der Waals surface area contributed by atoms with Crippen LogP contribution in [0.4, 0.5) is 0 Å². The van der Waals surface area contributed by atoms with Crippen molar-refractivity contribution in [2.24, 2.45) is 11.8 Å². The fourth-order valence-electron chi connectivity index (χ4n) is 1.23. The van der Waals surface area contributed by atoms with Crippen LogP contribution in [0.25, 0.3) is 0 Å². The van der Waals surface area contributed by atoms with Gasteiger partial charge in [-0.3, -0.25) is 14.5 Å². The highest BCUT2D eigenvalue weighted by Gasteiger charge is 2.40. The zero-order chi connectivity index (χ0) is 8.59. The summed E-state index contributed by atoms with van der Waals surface area (Å²) < 4.78 is 0. The number of nitrogens with zero attached hydrogens (tertiary/aromatic N) is 1. The molecule has 1 unspecified atom stereocenters. The smallest absolute Gasteiger partial charge is 0.234 e. The first kappa shape index (κ1) is 8.24. The number of hydrogen-bond donors (Lipinski definition) is 0. The lowest BCUT2D eigenvalue weighted by molar-refractivity contribution is -0.159. The van der Waals surface area contributed by atoms with Crippen LogP contribution in [0.15, 0.2) is 0 Å². The fourth-order valence-corrected chi connectivity index (χ4v) is 1.23. The average molecular weight is 155 g/mol. The van der Waals surface area contributed by atoms with Crippen LogP contribution in [0, 0.1) is 11.8 Å². The number of carbonyl (C=O) groups excluding carboxylic acids is 2. The van der Waals surface area contributed by atoms with Gasteiger partial charge in [-0.15, -0.1) is 0 Å². The number of hydrogen-bond acceptors (Lipinski definition) is 2. The molecule has 1 saturated heterocycles. The SMILES string of the molecule is CC(=O)N1CC(C(C)C)C1=O. The highest BCUT2D eigenvalue weighted by molar-refractivity contribution is 6.00. The van der Waals surface area contributed by atoms with Gasteiger partial charge < -0.3 is 0 Å². The van der Waals surface area contributed by atoms with E-state index in [1.54, 1.807) is 0 Å². The first-order valence-corrected chi connectivity index (χ1v) is 3.86. The zero-order valence-corrected chi connectivity index (χ0v) is 7.13. The second-order valence-electron chi connectivity index (χ2n) is 3.32. The first-order valence-electron chi connectivity index (χ1n) is 3.86. The van der Waals surface area contributed by atoms with Gasteiger partial charge in [-0.25, -0.2) is 0 Å². The van der Waals surface area contributed by atoms with Gasteiger partial charge in [-0.05, 0) is 5.92 Å². The third-order valence-electron chi connectivity index (χ3n) is 2.15. The van der Waals surface area contributed by atoms with Crippen molar-refractivity contribution in [2.75, 3.05) is 6.54 Å². The molecule has 1 rings (SSSR count). The second-order valence-corrected chi connectivity index (χ2v) is 3.32. The molecule has 0 N–H and O–H groups in total. The summed E-state index contributed by atoms with van der Waals surface area (Å²) in [7, 11) is 0. The first-order chi connectivity index (χ1) is 5.04. The summed E-state index contributed by atoms with van der Waals surface area (Å²) in [5.74, 6) is 0.302. The summed E-state index contributed by atoms with van der Waals surface area (Å²) in [4.78, 5) is 23.2. The largest absolute Gasteiger partial charge is 0.282 e. The van der Waals surface area contributed by atoms with Gasteiger partial charge in [0, 0.05) is 13.5 Å². The van der Waals surface area contributed by atoms with Crippen LogP contribution in [0.3, 0.4) is 0 Å². The number of likely N-dealkylation sites (tertiary alicyclic amines) is 1. The third-order valence-corrected chi connectivity index (χ3v) is 2.15. The zero-order valence-electron chi connectivity index (χ0n) is 7.13. The molecule has 0 aromatic carbocycles. The molecule has 2 amide bonds. The van der Waals surface area contributed by atoms with Crippen LogP contribution in [-0.4, -0.2) is 23.3 Å². The van der Waals surface area contributed by atoms with E-state index in [4.69, 9.17) is 0 Å². The molecule has 0 aliphatic carbocycles. The fraction of sp³-hybridized carbons (Fsp3) is 0.750. The molecule has 1 aliphatic rings. The van der Waals surface area contributed by atoms with E-state index < -0.39 is 0 Å². The predicted molar refractivity (Wildman–Crippen MR) is 40.7 cm³/mol. The van der Waals surface area contributed by atoms with E-state index in [0.717, 1.165) is 0 Å². The van der Waals surface area contributed by atoms with Crippen molar-refractivity contribution < 1.29 is 9.59 Å². The molecule has 0 aromatic heterocycles. The molecule has 1 fully saturated rings. The lowest BCUT2D eigenvalue weighted by atomic mass is 9.87. The van der Waals surface area contributed by atoms with E-state index in [1.807, 2.05) is 13.8 Å². The maximum Gasteiger partial charge on any atom is 0.234 e. The summed E-state index contributed by atoms with van der Waals surface area (Å²) in [6, 6.07) is 0. The van der Waals surface area contributed by atoms with Crippen molar-refractivity contribution in [3.8, 4) is 0 Å². The normalized spacial score (nSPS) is 23.8. The van der Waals surface area contributed by atoms with Gasteiger partial charge >= 0.3 is 0 Å². The monoisotopic (exact) mass is 155 g/mol. The van der Waals surface area contributed by atoms with Gasteiger partial charge in [0.2, 0.25) is 11.8 Å². The lowest BCUT2D eigenvalue weighted by Gasteiger charge is -2.38. The molecule has 11 heavy (non-hydrogen) atoms. The van der Waals surface area contributed by atoms with Crippen molar-refractivity contribution in [3.63, 3.8) is 0 Å².